The predicted molar refractivity (Wildman–Crippen MR) is 122 cm³/mol. The second-order valence-electron chi connectivity index (χ2n) is 8.68. The highest BCUT2D eigenvalue weighted by Crippen LogP contribution is 2.43. The average molecular weight is 467 g/mol. The summed E-state index contributed by atoms with van der Waals surface area (Å²) in [5, 5.41) is 3.39. The number of thiophene rings is 1. The highest BCUT2D eigenvalue weighted by atomic mass is 35.5. The van der Waals surface area contributed by atoms with E-state index in [1.807, 2.05) is 0 Å². The standard InChI is InChI=1S/C22H27ClN2O3S2/c1-14-8-15(2)12-25(11-14)7-3-6-24-22(26)19-9-16-13-30(27,28)20-10-17(23)4-5-18(20)21(16)29-19/h4-5,9-10,14-15H,3,6-8,11-13H2,1-2H3,(H,24,26)/t14-,15-/m1/s1. The molecule has 0 spiro atoms. The first-order valence-electron chi connectivity index (χ1n) is 10.4. The molecule has 0 radical (unpaired) electrons. The molecule has 2 aromatic rings. The number of sulfone groups is 1. The van der Waals surface area contributed by atoms with E-state index in [4.69, 9.17) is 11.6 Å². The molecule has 0 bridgehead atoms. The van der Waals surface area contributed by atoms with E-state index in [9.17, 15) is 13.2 Å². The largest absolute Gasteiger partial charge is 0.351 e. The number of piperidine rings is 1. The second kappa shape index (κ2) is 8.61. The first-order chi connectivity index (χ1) is 14.2. The number of nitrogens with zero attached hydrogens (tertiary/aromatic N) is 1. The molecule has 2 atom stereocenters. The van der Waals surface area contributed by atoms with Crippen LogP contribution in [-0.2, 0) is 15.6 Å². The van der Waals surface area contributed by atoms with Crippen LogP contribution in [0, 0.1) is 11.8 Å². The Morgan fingerprint density at radius 1 is 1.23 bits per heavy atom. The predicted octanol–water partition coefficient (Wildman–Crippen LogP) is 4.45. The fraction of sp³-hybridized carbons (Fsp3) is 0.500. The average Bonchev–Trinajstić information content (AvgIpc) is 3.07. The summed E-state index contributed by atoms with van der Waals surface area (Å²) in [6.45, 7) is 8.47. The van der Waals surface area contributed by atoms with Crippen LogP contribution in [0.1, 0.15) is 41.9 Å². The van der Waals surface area contributed by atoms with Gasteiger partial charge in [-0.25, -0.2) is 8.42 Å². The van der Waals surface area contributed by atoms with Gasteiger partial charge in [-0.05, 0) is 55.0 Å². The minimum Gasteiger partial charge on any atom is -0.351 e. The van der Waals surface area contributed by atoms with Crippen LogP contribution < -0.4 is 5.32 Å². The van der Waals surface area contributed by atoms with Crippen molar-refractivity contribution in [2.45, 2.75) is 37.3 Å². The number of carbonyl (C=O) groups is 1. The molecule has 1 aromatic heterocycles. The lowest BCUT2D eigenvalue weighted by molar-refractivity contribution is 0.0951. The summed E-state index contributed by atoms with van der Waals surface area (Å²) >= 11 is 7.35. The molecule has 1 amide bonds. The van der Waals surface area contributed by atoms with Gasteiger partial charge in [-0.3, -0.25) is 4.79 Å². The Bertz CT molecular complexity index is 1050. The van der Waals surface area contributed by atoms with E-state index in [2.05, 4.69) is 24.1 Å². The number of fused-ring (bicyclic) bond motifs is 3. The quantitative estimate of drug-likeness (QED) is 0.661. The van der Waals surface area contributed by atoms with Gasteiger partial charge in [0.1, 0.15) is 0 Å². The third kappa shape index (κ3) is 4.59. The summed E-state index contributed by atoms with van der Waals surface area (Å²) in [5.41, 5.74) is 1.33. The molecule has 4 rings (SSSR count). The summed E-state index contributed by atoms with van der Waals surface area (Å²) in [6.07, 6.45) is 2.20. The Morgan fingerprint density at radius 2 is 1.97 bits per heavy atom. The fourth-order valence-corrected chi connectivity index (χ4v) is 7.80. The van der Waals surface area contributed by atoms with Crippen molar-refractivity contribution >= 4 is 38.7 Å². The number of likely N-dealkylation sites (tertiary alicyclic amines) is 1. The Labute approximate surface area is 187 Å². The number of halogens is 1. The molecule has 0 unspecified atom stereocenters. The van der Waals surface area contributed by atoms with Crippen molar-refractivity contribution in [3.8, 4) is 10.4 Å². The van der Waals surface area contributed by atoms with Gasteiger partial charge < -0.3 is 10.2 Å². The maximum atomic E-state index is 12.7. The van der Waals surface area contributed by atoms with Crippen LogP contribution in [0.5, 0.6) is 0 Å². The van der Waals surface area contributed by atoms with Crippen LogP contribution in [0.2, 0.25) is 5.02 Å². The molecule has 2 aliphatic heterocycles. The maximum absolute atomic E-state index is 12.7. The maximum Gasteiger partial charge on any atom is 0.261 e. The Balaban J connectivity index is 1.39. The van der Waals surface area contributed by atoms with Gasteiger partial charge in [0.25, 0.3) is 5.91 Å². The first kappa shape index (κ1) is 21.8. The monoisotopic (exact) mass is 466 g/mol. The molecule has 1 fully saturated rings. The SMILES string of the molecule is C[C@@H]1C[C@@H](C)CN(CCCNC(=O)c2cc3c(s2)-c2ccc(Cl)cc2S(=O)(=O)C3)C1. The zero-order chi connectivity index (χ0) is 21.5. The number of hydrogen-bond donors (Lipinski definition) is 1. The Morgan fingerprint density at radius 3 is 2.70 bits per heavy atom. The number of nitrogens with one attached hydrogen (secondary N) is 1. The first-order valence-corrected chi connectivity index (χ1v) is 13.2. The van der Waals surface area contributed by atoms with Gasteiger partial charge in [-0.15, -0.1) is 11.3 Å². The number of carbonyl (C=O) groups excluding carboxylic acids is 1. The zero-order valence-electron chi connectivity index (χ0n) is 17.3. The van der Waals surface area contributed by atoms with Crippen molar-refractivity contribution in [1.29, 1.82) is 0 Å². The van der Waals surface area contributed by atoms with E-state index in [1.165, 1.54) is 23.8 Å². The van der Waals surface area contributed by atoms with Crippen molar-refractivity contribution in [1.82, 2.24) is 10.2 Å². The molecule has 1 saturated heterocycles. The van der Waals surface area contributed by atoms with Crippen LogP contribution in [0.4, 0.5) is 0 Å². The summed E-state index contributed by atoms with van der Waals surface area (Å²) < 4.78 is 25.2. The van der Waals surface area contributed by atoms with Gasteiger partial charge in [0.05, 0.1) is 15.5 Å². The van der Waals surface area contributed by atoms with Gasteiger partial charge in [0, 0.05) is 35.1 Å². The summed E-state index contributed by atoms with van der Waals surface area (Å²) in [4.78, 5) is 16.8. The number of hydrogen-bond acceptors (Lipinski definition) is 5. The van der Waals surface area contributed by atoms with Crippen LogP contribution in [0.3, 0.4) is 0 Å². The lowest BCUT2D eigenvalue weighted by atomic mass is 9.92. The van der Waals surface area contributed by atoms with Crippen LogP contribution >= 0.6 is 22.9 Å². The van der Waals surface area contributed by atoms with Gasteiger partial charge in [0.15, 0.2) is 9.84 Å². The van der Waals surface area contributed by atoms with Crippen molar-refractivity contribution < 1.29 is 13.2 Å². The third-order valence-electron chi connectivity index (χ3n) is 5.78. The lowest BCUT2D eigenvalue weighted by Gasteiger charge is -2.34. The minimum absolute atomic E-state index is 0.0925. The Kier molecular flexibility index (Phi) is 6.26. The van der Waals surface area contributed by atoms with E-state index < -0.39 is 9.84 Å². The topological polar surface area (TPSA) is 66.5 Å². The fourth-order valence-electron chi connectivity index (χ4n) is 4.67. The van der Waals surface area contributed by atoms with Crippen molar-refractivity contribution in [3.63, 3.8) is 0 Å². The molecular weight excluding hydrogens is 440 g/mol. The number of rotatable bonds is 5. The highest BCUT2D eigenvalue weighted by molar-refractivity contribution is 7.91. The smallest absolute Gasteiger partial charge is 0.261 e. The van der Waals surface area contributed by atoms with Crippen LogP contribution in [0.25, 0.3) is 10.4 Å². The molecule has 8 heteroatoms. The molecule has 1 N–H and O–H groups in total. The van der Waals surface area contributed by atoms with Gasteiger partial charge in [0.2, 0.25) is 0 Å². The molecule has 0 saturated carbocycles. The molecule has 162 valence electrons. The van der Waals surface area contributed by atoms with Gasteiger partial charge in [-0.1, -0.05) is 31.5 Å². The summed E-state index contributed by atoms with van der Waals surface area (Å²) in [6, 6.07) is 6.63. The van der Waals surface area contributed by atoms with E-state index in [0.29, 0.717) is 27.6 Å². The normalized spacial score (nSPS) is 22.9. The van der Waals surface area contributed by atoms with Crippen molar-refractivity contribution in [2.24, 2.45) is 11.8 Å². The molecule has 1 aromatic carbocycles. The summed E-state index contributed by atoms with van der Waals surface area (Å²) in [5.74, 6) is 1.23. The molecule has 2 aliphatic rings. The van der Waals surface area contributed by atoms with E-state index in [1.54, 1.807) is 18.2 Å². The van der Waals surface area contributed by atoms with Crippen molar-refractivity contribution in [3.05, 3.63) is 39.7 Å². The second-order valence-corrected chi connectivity index (χ2v) is 12.1. The minimum atomic E-state index is -3.45. The van der Waals surface area contributed by atoms with Crippen LogP contribution in [-0.4, -0.2) is 45.4 Å². The highest BCUT2D eigenvalue weighted by Gasteiger charge is 2.31. The van der Waals surface area contributed by atoms with Crippen molar-refractivity contribution in [2.75, 3.05) is 26.2 Å². The Hall–Kier alpha value is -1.41. The molecule has 3 heterocycles. The third-order valence-corrected chi connectivity index (χ3v) is 8.93. The van der Waals surface area contributed by atoms with Gasteiger partial charge in [-0.2, -0.15) is 0 Å². The summed E-state index contributed by atoms with van der Waals surface area (Å²) in [7, 11) is -3.45. The van der Waals surface area contributed by atoms with E-state index in [-0.39, 0.29) is 16.6 Å². The lowest BCUT2D eigenvalue weighted by Crippen LogP contribution is -2.40. The van der Waals surface area contributed by atoms with Gasteiger partial charge >= 0.3 is 0 Å². The van der Waals surface area contributed by atoms with E-state index >= 15 is 0 Å². The number of amides is 1. The molecule has 30 heavy (non-hydrogen) atoms. The van der Waals surface area contributed by atoms with E-state index in [0.717, 1.165) is 42.8 Å². The zero-order valence-corrected chi connectivity index (χ0v) is 19.7. The number of benzene rings is 1. The molecule has 5 nitrogen and oxygen atoms in total. The molecule has 0 aliphatic carbocycles. The van der Waals surface area contributed by atoms with Crippen LogP contribution in [0.15, 0.2) is 29.2 Å². The molecular formula is C22H27ClN2O3S2.